The summed E-state index contributed by atoms with van der Waals surface area (Å²) in [7, 11) is 1.83. The smallest absolute Gasteiger partial charge is 0.152 e. The van der Waals surface area contributed by atoms with E-state index in [1.807, 2.05) is 31.5 Å². The van der Waals surface area contributed by atoms with Crippen LogP contribution in [-0.4, -0.2) is 24.9 Å². The number of benzene rings is 1. The lowest BCUT2D eigenvalue weighted by Crippen LogP contribution is -2.19. The molecule has 1 aliphatic rings. The van der Waals surface area contributed by atoms with Gasteiger partial charge in [0.25, 0.3) is 0 Å². The number of anilines is 1. The molecule has 0 bridgehead atoms. The predicted octanol–water partition coefficient (Wildman–Crippen LogP) is 2.34. The molecule has 0 saturated heterocycles. The van der Waals surface area contributed by atoms with Crippen LogP contribution in [0.2, 0.25) is 5.02 Å². The summed E-state index contributed by atoms with van der Waals surface area (Å²) < 4.78 is 1.69. The van der Waals surface area contributed by atoms with Crippen molar-refractivity contribution in [3.05, 3.63) is 52.9 Å². The SMILES string of the molecule is Cn1ccc(-c2nc(N)cnc2-c2cc(Cl)c3c(c2)C=CNC3O)n1. The first kappa shape index (κ1) is 15.6. The summed E-state index contributed by atoms with van der Waals surface area (Å²) in [4.78, 5) is 8.85. The van der Waals surface area contributed by atoms with Gasteiger partial charge in [0.15, 0.2) is 6.23 Å². The molecule has 0 amide bonds. The van der Waals surface area contributed by atoms with Crippen LogP contribution in [0.1, 0.15) is 17.4 Å². The average molecular weight is 355 g/mol. The summed E-state index contributed by atoms with van der Waals surface area (Å²) >= 11 is 6.40. The number of aliphatic hydroxyl groups excluding tert-OH is 1. The maximum absolute atomic E-state index is 10.1. The van der Waals surface area contributed by atoms with E-state index in [4.69, 9.17) is 17.3 Å². The third kappa shape index (κ3) is 2.73. The van der Waals surface area contributed by atoms with Gasteiger partial charge in [-0.2, -0.15) is 5.10 Å². The minimum absolute atomic E-state index is 0.313. The average Bonchev–Trinajstić information content (AvgIpc) is 3.01. The number of aryl methyl sites for hydroxylation is 1. The lowest BCUT2D eigenvalue weighted by atomic mass is 9.97. The Hall–Kier alpha value is -2.90. The Bertz CT molecular complexity index is 997. The number of rotatable bonds is 2. The monoisotopic (exact) mass is 354 g/mol. The number of nitrogens with one attached hydrogen (secondary N) is 1. The molecule has 25 heavy (non-hydrogen) atoms. The molecule has 8 heteroatoms. The van der Waals surface area contributed by atoms with Crippen molar-refractivity contribution in [3.8, 4) is 22.6 Å². The maximum Gasteiger partial charge on any atom is 0.152 e. The molecule has 7 nitrogen and oxygen atoms in total. The number of aliphatic hydroxyl groups is 1. The highest BCUT2D eigenvalue weighted by Crippen LogP contribution is 2.36. The largest absolute Gasteiger partial charge is 0.382 e. The highest BCUT2D eigenvalue weighted by atomic mass is 35.5. The van der Waals surface area contributed by atoms with Crippen LogP contribution in [0.3, 0.4) is 0 Å². The van der Waals surface area contributed by atoms with E-state index in [-0.39, 0.29) is 0 Å². The highest BCUT2D eigenvalue weighted by molar-refractivity contribution is 6.32. The van der Waals surface area contributed by atoms with Gasteiger partial charge in [-0.05, 0) is 36.0 Å². The summed E-state index contributed by atoms with van der Waals surface area (Å²) in [6, 6.07) is 5.52. The summed E-state index contributed by atoms with van der Waals surface area (Å²) in [5, 5.41) is 17.7. The number of nitrogen functional groups attached to an aromatic ring is 1. The summed E-state index contributed by atoms with van der Waals surface area (Å²) in [6.45, 7) is 0. The van der Waals surface area contributed by atoms with Crippen molar-refractivity contribution in [2.45, 2.75) is 6.23 Å². The van der Waals surface area contributed by atoms with Crippen molar-refractivity contribution < 1.29 is 5.11 Å². The van der Waals surface area contributed by atoms with Crippen molar-refractivity contribution in [1.29, 1.82) is 0 Å². The Morgan fingerprint density at radius 2 is 2.16 bits per heavy atom. The Morgan fingerprint density at radius 1 is 1.32 bits per heavy atom. The summed E-state index contributed by atoms with van der Waals surface area (Å²) in [5.74, 6) is 0.313. The number of nitrogens with two attached hydrogens (primary N) is 1. The standard InChI is InChI=1S/C17H15ClN6O/c1-24-5-3-12(23-24)16-15(21-8-13(19)22-16)10-6-9-2-4-20-17(25)14(9)11(18)7-10/h2-8,17,20,25H,1H3,(H2,19,22). The van der Waals surface area contributed by atoms with Gasteiger partial charge < -0.3 is 16.2 Å². The molecule has 3 heterocycles. The first-order valence-electron chi connectivity index (χ1n) is 7.60. The third-order valence-electron chi connectivity index (χ3n) is 3.97. The van der Waals surface area contributed by atoms with E-state index in [0.29, 0.717) is 33.5 Å². The molecule has 0 radical (unpaired) electrons. The number of nitrogens with zero attached hydrogens (tertiary/aromatic N) is 4. The van der Waals surface area contributed by atoms with E-state index in [1.54, 1.807) is 16.9 Å². The molecule has 126 valence electrons. The quantitative estimate of drug-likeness (QED) is 0.653. The van der Waals surface area contributed by atoms with Crippen LogP contribution in [0, 0.1) is 0 Å². The molecule has 0 fully saturated rings. The van der Waals surface area contributed by atoms with Crippen molar-refractivity contribution in [2.75, 3.05) is 5.73 Å². The van der Waals surface area contributed by atoms with Crippen LogP contribution in [0.15, 0.2) is 36.8 Å². The second-order valence-corrected chi connectivity index (χ2v) is 6.14. The van der Waals surface area contributed by atoms with Crippen molar-refractivity contribution in [1.82, 2.24) is 25.1 Å². The lowest BCUT2D eigenvalue weighted by molar-refractivity contribution is 0.155. The van der Waals surface area contributed by atoms with Crippen LogP contribution < -0.4 is 11.1 Å². The zero-order chi connectivity index (χ0) is 17.6. The van der Waals surface area contributed by atoms with Crippen LogP contribution >= 0.6 is 11.6 Å². The van der Waals surface area contributed by atoms with E-state index in [2.05, 4.69) is 20.4 Å². The molecular weight excluding hydrogens is 340 g/mol. The van der Waals surface area contributed by atoms with Crippen molar-refractivity contribution in [2.24, 2.45) is 7.05 Å². The van der Waals surface area contributed by atoms with Gasteiger partial charge in [0, 0.05) is 29.4 Å². The van der Waals surface area contributed by atoms with Gasteiger partial charge in [0.1, 0.15) is 17.2 Å². The third-order valence-corrected chi connectivity index (χ3v) is 4.29. The summed E-state index contributed by atoms with van der Waals surface area (Å²) in [6.07, 6.45) is 6.02. The molecular formula is C17H15ClN6O. The number of aromatic nitrogens is 4. The fraction of sp³-hybridized carbons (Fsp3) is 0.118. The zero-order valence-corrected chi connectivity index (χ0v) is 14.1. The number of hydrogen-bond donors (Lipinski definition) is 3. The second-order valence-electron chi connectivity index (χ2n) is 5.73. The molecule has 1 aliphatic heterocycles. The Labute approximate surface area is 148 Å². The van der Waals surface area contributed by atoms with E-state index < -0.39 is 6.23 Å². The second kappa shape index (κ2) is 5.87. The van der Waals surface area contributed by atoms with E-state index >= 15 is 0 Å². The number of fused-ring (bicyclic) bond motifs is 1. The fourth-order valence-corrected chi connectivity index (χ4v) is 3.18. The normalized spacial score (nSPS) is 15.7. The number of halogens is 1. The van der Waals surface area contributed by atoms with Gasteiger partial charge in [-0.15, -0.1) is 0 Å². The van der Waals surface area contributed by atoms with Gasteiger partial charge >= 0.3 is 0 Å². The van der Waals surface area contributed by atoms with Gasteiger partial charge in [-0.3, -0.25) is 9.67 Å². The zero-order valence-electron chi connectivity index (χ0n) is 13.3. The molecule has 0 spiro atoms. The Balaban J connectivity index is 1.92. The topological polar surface area (TPSA) is 102 Å². The molecule has 0 saturated carbocycles. The number of hydrogen-bond acceptors (Lipinski definition) is 6. The van der Waals surface area contributed by atoms with Crippen molar-refractivity contribution >= 4 is 23.5 Å². The van der Waals surface area contributed by atoms with Crippen molar-refractivity contribution in [3.63, 3.8) is 0 Å². The first-order chi connectivity index (χ1) is 12.0. The summed E-state index contributed by atoms with van der Waals surface area (Å²) in [5.41, 5.74) is 9.92. The molecule has 3 aromatic rings. The molecule has 4 rings (SSSR count). The minimum atomic E-state index is -0.839. The van der Waals surface area contributed by atoms with E-state index in [0.717, 1.165) is 11.1 Å². The van der Waals surface area contributed by atoms with E-state index in [9.17, 15) is 5.11 Å². The van der Waals surface area contributed by atoms with Gasteiger partial charge in [0.05, 0.1) is 11.9 Å². The minimum Gasteiger partial charge on any atom is -0.382 e. The van der Waals surface area contributed by atoms with Crippen LogP contribution in [0.25, 0.3) is 28.7 Å². The first-order valence-corrected chi connectivity index (χ1v) is 7.98. The van der Waals surface area contributed by atoms with Gasteiger partial charge in [-0.1, -0.05) is 11.6 Å². The predicted molar refractivity (Wildman–Crippen MR) is 96.2 cm³/mol. The molecule has 4 N–H and O–H groups in total. The Kier molecular flexibility index (Phi) is 3.67. The molecule has 1 unspecified atom stereocenters. The molecule has 0 aliphatic carbocycles. The maximum atomic E-state index is 10.1. The fourth-order valence-electron chi connectivity index (χ4n) is 2.85. The highest BCUT2D eigenvalue weighted by Gasteiger charge is 2.21. The lowest BCUT2D eigenvalue weighted by Gasteiger charge is -2.21. The van der Waals surface area contributed by atoms with Crippen LogP contribution in [-0.2, 0) is 7.05 Å². The van der Waals surface area contributed by atoms with E-state index in [1.165, 1.54) is 6.20 Å². The van der Waals surface area contributed by atoms with Crippen LogP contribution in [0.5, 0.6) is 0 Å². The van der Waals surface area contributed by atoms with Gasteiger partial charge in [0.2, 0.25) is 0 Å². The van der Waals surface area contributed by atoms with Gasteiger partial charge in [-0.25, -0.2) is 4.98 Å². The Morgan fingerprint density at radius 3 is 2.92 bits per heavy atom. The molecule has 1 atom stereocenters. The molecule has 1 aromatic carbocycles. The van der Waals surface area contributed by atoms with Crippen LogP contribution in [0.4, 0.5) is 5.82 Å². The molecule has 2 aromatic heterocycles.